The summed E-state index contributed by atoms with van der Waals surface area (Å²) in [6.07, 6.45) is 2.01. The van der Waals surface area contributed by atoms with Gasteiger partial charge in [0.25, 0.3) is 5.69 Å². The second-order valence-corrected chi connectivity index (χ2v) is 4.11. The van der Waals surface area contributed by atoms with Crippen molar-refractivity contribution in [2.45, 2.75) is 25.3 Å². The molecule has 1 saturated carbocycles. The number of hydrogen-bond acceptors (Lipinski definition) is 3. The van der Waals surface area contributed by atoms with Crippen molar-refractivity contribution in [3.8, 4) is 0 Å². The topological polar surface area (TPSA) is 55.2 Å². The van der Waals surface area contributed by atoms with Crippen molar-refractivity contribution in [1.82, 2.24) is 0 Å². The lowest BCUT2D eigenvalue weighted by atomic mass is 10.2. The van der Waals surface area contributed by atoms with Crippen molar-refractivity contribution in [3.05, 3.63) is 34.1 Å². The van der Waals surface area contributed by atoms with E-state index in [2.05, 4.69) is 5.32 Å². The van der Waals surface area contributed by atoms with Crippen LogP contribution < -0.4 is 5.32 Å². The number of anilines is 1. The van der Waals surface area contributed by atoms with E-state index in [9.17, 15) is 14.5 Å². The third-order valence-electron chi connectivity index (χ3n) is 2.60. The maximum absolute atomic E-state index is 13.4. The zero-order chi connectivity index (χ0) is 11.1. The molecule has 0 heterocycles. The Balaban J connectivity index is 2.22. The van der Waals surface area contributed by atoms with Gasteiger partial charge in [-0.1, -0.05) is 0 Å². The highest BCUT2D eigenvalue weighted by Crippen LogP contribution is 2.38. The van der Waals surface area contributed by atoms with Crippen molar-refractivity contribution in [3.63, 3.8) is 0 Å². The summed E-state index contributed by atoms with van der Waals surface area (Å²) in [7, 11) is 0. The fourth-order valence-electron chi connectivity index (χ4n) is 1.36. The van der Waals surface area contributed by atoms with Crippen LogP contribution in [0, 0.1) is 15.9 Å². The van der Waals surface area contributed by atoms with Crippen molar-refractivity contribution in [2.24, 2.45) is 0 Å². The fraction of sp³-hybridized carbons (Fsp3) is 0.400. The van der Waals surface area contributed by atoms with Crippen LogP contribution in [-0.2, 0) is 0 Å². The van der Waals surface area contributed by atoms with E-state index in [1.54, 1.807) is 0 Å². The zero-order valence-corrected chi connectivity index (χ0v) is 8.29. The van der Waals surface area contributed by atoms with E-state index in [0.717, 1.165) is 18.9 Å². The first-order valence-corrected chi connectivity index (χ1v) is 4.72. The molecule has 0 spiro atoms. The molecule has 0 atom stereocenters. The summed E-state index contributed by atoms with van der Waals surface area (Å²) in [4.78, 5) is 9.78. The number of non-ortho nitro benzene ring substituents is 1. The second-order valence-electron chi connectivity index (χ2n) is 4.11. The highest BCUT2D eigenvalue weighted by molar-refractivity contribution is 5.52. The number of hydrogen-bond donors (Lipinski definition) is 1. The van der Waals surface area contributed by atoms with E-state index >= 15 is 0 Å². The van der Waals surface area contributed by atoms with E-state index in [-0.39, 0.29) is 11.2 Å². The normalized spacial score (nSPS) is 17.2. The lowest BCUT2D eigenvalue weighted by Crippen LogP contribution is -2.16. The van der Waals surface area contributed by atoms with E-state index in [1.165, 1.54) is 12.1 Å². The van der Waals surface area contributed by atoms with Crippen molar-refractivity contribution < 1.29 is 9.31 Å². The molecule has 1 aromatic rings. The second kappa shape index (κ2) is 3.18. The number of benzene rings is 1. The summed E-state index contributed by atoms with van der Waals surface area (Å²) in [5.41, 5.74) is 0.0800. The summed E-state index contributed by atoms with van der Waals surface area (Å²) in [5.74, 6) is -0.572. The summed E-state index contributed by atoms with van der Waals surface area (Å²) < 4.78 is 13.4. The number of halogens is 1. The Hall–Kier alpha value is -1.65. The van der Waals surface area contributed by atoms with Gasteiger partial charge in [-0.05, 0) is 25.8 Å². The minimum absolute atomic E-state index is 0.0308. The molecule has 5 heteroatoms. The first-order chi connectivity index (χ1) is 7.00. The van der Waals surface area contributed by atoms with E-state index in [0.29, 0.717) is 5.69 Å². The molecule has 0 amide bonds. The van der Waals surface area contributed by atoms with E-state index < -0.39 is 10.7 Å². The standard InChI is InChI=1S/C10H11FN2O2/c1-10(4-5-10)12-9-3-2-7(13(14)15)6-8(9)11/h2-3,6,12H,4-5H2,1H3. The van der Waals surface area contributed by atoms with Gasteiger partial charge in [-0.3, -0.25) is 10.1 Å². The highest BCUT2D eigenvalue weighted by atomic mass is 19.1. The van der Waals surface area contributed by atoms with Crippen molar-refractivity contribution in [2.75, 3.05) is 5.32 Å². The Labute approximate surface area is 86.3 Å². The van der Waals surface area contributed by atoms with Crippen LogP contribution in [0.5, 0.6) is 0 Å². The molecule has 2 rings (SSSR count). The van der Waals surface area contributed by atoms with Gasteiger partial charge in [-0.15, -0.1) is 0 Å². The van der Waals surface area contributed by atoms with Crippen LogP contribution in [0.2, 0.25) is 0 Å². The third kappa shape index (κ3) is 2.06. The Morgan fingerprint density at radius 1 is 1.53 bits per heavy atom. The molecule has 0 unspecified atom stereocenters. The quantitative estimate of drug-likeness (QED) is 0.616. The number of nitrogens with zero attached hydrogens (tertiary/aromatic N) is 1. The molecule has 0 saturated heterocycles. The van der Waals surface area contributed by atoms with Gasteiger partial charge in [0.15, 0.2) is 5.82 Å². The monoisotopic (exact) mass is 210 g/mol. The van der Waals surface area contributed by atoms with Gasteiger partial charge in [-0.2, -0.15) is 0 Å². The Bertz CT molecular complexity index is 416. The minimum Gasteiger partial charge on any atom is -0.378 e. The average molecular weight is 210 g/mol. The molecule has 15 heavy (non-hydrogen) atoms. The molecule has 0 bridgehead atoms. The van der Waals surface area contributed by atoms with E-state index in [1.807, 2.05) is 6.92 Å². The molecule has 80 valence electrons. The number of rotatable bonds is 3. The first-order valence-electron chi connectivity index (χ1n) is 4.72. The molecule has 1 fully saturated rings. The van der Waals surface area contributed by atoms with Gasteiger partial charge in [0.1, 0.15) is 0 Å². The highest BCUT2D eigenvalue weighted by Gasteiger charge is 2.37. The smallest absolute Gasteiger partial charge is 0.272 e. The molecule has 0 aromatic heterocycles. The predicted molar refractivity (Wildman–Crippen MR) is 54.3 cm³/mol. The van der Waals surface area contributed by atoms with Crippen LogP contribution in [0.4, 0.5) is 15.8 Å². The average Bonchev–Trinajstić information content (AvgIpc) is 2.87. The first kappa shape index (κ1) is 9.89. The molecule has 1 aliphatic carbocycles. The van der Waals surface area contributed by atoms with Crippen LogP contribution in [0.3, 0.4) is 0 Å². The lowest BCUT2D eigenvalue weighted by Gasteiger charge is -2.13. The molecule has 1 aliphatic rings. The number of nitrogens with one attached hydrogen (secondary N) is 1. The summed E-state index contributed by atoms with van der Waals surface area (Å²) in [6, 6.07) is 3.66. The Morgan fingerprint density at radius 2 is 2.20 bits per heavy atom. The SMILES string of the molecule is CC1(Nc2ccc([N+](=O)[O-])cc2F)CC1. The van der Waals surface area contributed by atoms with Crippen LogP contribution in [0.15, 0.2) is 18.2 Å². The summed E-state index contributed by atoms with van der Waals surface area (Å²) in [5, 5.41) is 13.4. The zero-order valence-electron chi connectivity index (χ0n) is 8.29. The van der Waals surface area contributed by atoms with Gasteiger partial charge in [0.05, 0.1) is 16.7 Å². The lowest BCUT2D eigenvalue weighted by molar-refractivity contribution is -0.385. The largest absolute Gasteiger partial charge is 0.378 e. The summed E-state index contributed by atoms with van der Waals surface area (Å²) >= 11 is 0. The van der Waals surface area contributed by atoms with Crippen molar-refractivity contribution in [1.29, 1.82) is 0 Å². The Morgan fingerprint density at radius 3 is 2.67 bits per heavy atom. The van der Waals surface area contributed by atoms with Crippen LogP contribution in [0.1, 0.15) is 19.8 Å². The maximum atomic E-state index is 13.4. The van der Waals surface area contributed by atoms with Gasteiger partial charge in [0.2, 0.25) is 0 Å². The Kier molecular flexibility index (Phi) is 2.10. The molecule has 0 radical (unpaired) electrons. The molecular formula is C10H11FN2O2. The molecule has 0 aliphatic heterocycles. The number of nitro benzene ring substituents is 1. The van der Waals surface area contributed by atoms with Gasteiger partial charge in [-0.25, -0.2) is 4.39 Å². The van der Waals surface area contributed by atoms with Crippen molar-refractivity contribution >= 4 is 11.4 Å². The fourth-order valence-corrected chi connectivity index (χ4v) is 1.36. The van der Waals surface area contributed by atoms with Crippen LogP contribution in [0.25, 0.3) is 0 Å². The van der Waals surface area contributed by atoms with E-state index in [4.69, 9.17) is 0 Å². The molecular weight excluding hydrogens is 199 g/mol. The third-order valence-corrected chi connectivity index (χ3v) is 2.60. The molecule has 4 nitrogen and oxygen atoms in total. The summed E-state index contributed by atoms with van der Waals surface area (Å²) in [6.45, 7) is 1.99. The van der Waals surface area contributed by atoms with Gasteiger partial charge in [0, 0.05) is 11.6 Å². The van der Waals surface area contributed by atoms with Crippen LogP contribution in [-0.4, -0.2) is 10.5 Å². The van der Waals surface area contributed by atoms with Gasteiger partial charge >= 0.3 is 0 Å². The minimum atomic E-state index is -0.605. The predicted octanol–water partition coefficient (Wildman–Crippen LogP) is 2.70. The number of nitro groups is 1. The van der Waals surface area contributed by atoms with Crippen LogP contribution >= 0.6 is 0 Å². The molecule has 1 N–H and O–H groups in total. The maximum Gasteiger partial charge on any atom is 0.272 e. The van der Waals surface area contributed by atoms with Gasteiger partial charge < -0.3 is 5.32 Å². The molecule has 1 aromatic carbocycles.